The van der Waals surface area contributed by atoms with Gasteiger partial charge in [-0.2, -0.15) is 0 Å². The SMILES string of the molecule is Cc1cc(C(=N)N)cc(N(CCO)CC(F)F)n1. The Hall–Kier alpha value is -1.76. The van der Waals surface area contributed by atoms with Crippen molar-refractivity contribution in [3.05, 3.63) is 23.4 Å². The predicted octanol–water partition coefficient (Wildman–Crippen LogP) is 0.738. The summed E-state index contributed by atoms with van der Waals surface area (Å²) in [6, 6.07) is 3.07. The van der Waals surface area contributed by atoms with Crippen LogP contribution in [-0.2, 0) is 0 Å². The minimum atomic E-state index is -2.53. The molecule has 100 valence electrons. The Labute approximate surface area is 104 Å². The molecule has 4 N–H and O–H groups in total. The Morgan fingerprint density at radius 1 is 1.56 bits per heavy atom. The number of hydrogen-bond donors (Lipinski definition) is 3. The van der Waals surface area contributed by atoms with E-state index in [4.69, 9.17) is 16.2 Å². The van der Waals surface area contributed by atoms with Crippen LogP contribution in [0.2, 0.25) is 0 Å². The first-order valence-corrected chi connectivity index (χ1v) is 5.41. The van der Waals surface area contributed by atoms with Crippen molar-refractivity contribution in [3.63, 3.8) is 0 Å². The lowest BCUT2D eigenvalue weighted by Crippen LogP contribution is -2.32. The van der Waals surface area contributed by atoms with Crippen molar-refractivity contribution in [2.75, 3.05) is 24.6 Å². The molecule has 0 unspecified atom stereocenters. The second kappa shape index (κ2) is 6.25. The third-order valence-electron chi connectivity index (χ3n) is 2.30. The first kappa shape index (κ1) is 14.3. The normalized spacial score (nSPS) is 10.7. The van der Waals surface area contributed by atoms with Gasteiger partial charge in [-0.1, -0.05) is 0 Å². The molecule has 0 aliphatic carbocycles. The molecule has 18 heavy (non-hydrogen) atoms. The number of pyridine rings is 1. The Kier molecular flexibility index (Phi) is 4.96. The van der Waals surface area contributed by atoms with Crippen LogP contribution in [0.5, 0.6) is 0 Å². The molecule has 7 heteroatoms. The van der Waals surface area contributed by atoms with Gasteiger partial charge in [0.25, 0.3) is 6.43 Å². The van der Waals surface area contributed by atoms with E-state index in [9.17, 15) is 8.78 Å². The van der Waals surface area contributed by atoms with Crippen molar-refractivity contribution in [1.82, 2.24) is 4.98 Å². The van der Waals surface area contributed by atoms with E-state index >= 15 is 0 Å². The van der Waals surface area contributed by atoms with Crippen LogP contribution >= 0.6 is 0 Å². The van der Waals surface area contributed by atoms with Crippen LogP contribution in [-0.4, -0.2) is 42.0 Å². The quantitative estimate of drug-likeness (QED) is 0.519. The van der Waals surface area contributed by atoms with E-state index in [1.807, 2.05) is 0 Å². The topological polar surface area (TPSA) is 86.2 Å². The van der Waals surface area contributed by atoms with Gasteiger partial charge in [0.2, 0.25) is 0 Å². The number of nitrogens with one attached hydrogen (secondary N) is 1. The first-order chi connectivity index (χ1) is 8.43. The first-order valence-electron chi connectivity index (χ1n) is 5.41. The number of rotatable bonds is 6. The second-order valence-electron chi connectivity index (χ2n) is 3.83. The van der Waals surface area contributed by atoms with Gasteiger partial charge in [-0.25, -0.2) is 13.8 Å². The molecule has 0 fully saturated rings. The fourth-order valence-corrected chi connectivity index (χ4v) is 1.56. The number of nitrogen functional groups attached to an aromatic ring is 1. The minimum Gasteiger partial charge on any atom is -0.395 e. The molecule has 0 amide bonds. The summed E-state index contributed by atoms with van der Waals surface area (Å²) in [7, 11) is 0. The average Bonchev–Trinajstić information content (AvgIpc) is 2.27. The number of nitrogens with two attached hydrogens (primary N) is 1. The number of aliphatic hydroxyl groups excluding tert-OH is 1. The highest BCUT2D eigenvalue weighted by Gasteiger charge is 2.15. The van der Waals surface area contributed by atoms with Gasteiger partial charge in [-0.3, -0.25) is 5.41 Å². The lowest BCUT2D eigenvalue weighted by molar-refractivity contribution is 0.152. The Balaban J connectivity index is 3.06. The monoisotopic (exact) mass is 258 g/mol. The van der Waals surface area contributed by atoms with Gasteiger partial charge in [0, 0.05) is 17.8 Å². The molecule has 0 spiro atoms. The molecule has 1 heterocycles. The Bertz CT molecular complexity index is 426. The summed E-state index contributed by atoms with van der Waals surface area (Å²) < 4.78 is 24.9. The van der Waals surface area contributed by atoms with E-state index < -0.39 is 13.0 Å². The summed E-state index contributed by atoms with van der Waals surface area (Å²) in [5.41, 5.74) is 6.37. The Morgan fingerprint density at radius 3 is 2.72 bits per heavy atom. The number of hydrogen-bond acceptors (Lipinski definition) is 4. The largest absolute Gasteiger partial charge is 0.395 e. The predicted molar refractivity (Wildman–Crippen MR) is 65.3 cm³/mol. The number of aromatic nitrogens is 1. The minimum absolute atomic E-state index is 0.0537. The summed E-state index contributed by atoms with van der Waals surface area (Å²) in [4.78, 5) is 5.39. The number of alkyl halides is 2. The smallest absolute Gasteiger partial charge is 0.255 e. The van der Waals surface area contributed by atoms with Crippen LogP contribution < -0.4 is 10.6 Å². The van der Waals surface area contributed by atoms with E-state index in [0.717, 1.165) is 0 Å². The van der Waals surface area contributed by atoms with Crippen molar-refractivity contribution in [1.29, 1.82) is 5.41 Å². The molecule has 0 saturated heterocycles. The third kappa shape index (κ3) is 3.92. The molecule has 0 radical (unpaired) electrons. The molecule has 1 rings (SSSR count). The fraction of sp³-hybridized carbons (Fsp3) is 0.455. The second-order valence-corrected chi connectivity index (χ2v) is 3.83. The van der Waals surface area contributed by atoms with Crippen molar-refractivity contribution in [2.45, 2.75) is 13.3 Å². The highest BCUT2D eigenvalue weighted by molar-refractivity contribution is 5.95. The molecular weight excluding hydrogens is 242 g/mol. The maximum atomic E-state index is 12.4. The number of halogens is 2. The van der Waals surface area contributed by atoms with Gasteiger partial charge in [0.1, 0.15) is 11.7 Å². The lowest BCUT2D eigenvalue weighted by Gasteiger charge is -2.23. The highest BCUT2D eigenvalue weighted by atomic mass is 19.3. The molecule has 1 aromatic rings. The Morgan fingerprint density at radius 2 is 2.22 bits per heavy atom. The van der Waals surface area contributed by atoms with Crippen molar-refractivity contribution in [3.8, 4) is 0 Å². The van der Waals surface area contributed by atoms with E-state index in [1.54, 1.807) is 13.0 Å². The van der Waals surface area contributed by atoms with Gasteiger partial charge in [-0.05, 0) is 19.1 Å². The van der Waals surface area contributed by atoms with E-state index in [1.165, 1.54) is 11.0 Å². The van der Waals surface area contributed by atoms with Crippen molar-refractivity contribution >= 4 is 11.7 Å². The summed E-state index contributed by atoms with van der Waals surface area (Å²) in [5, 5.41) is 16.2. The van der Waals surface area contributed by atoms with Gasteiger partial charge >= 0.3 is 0 Å². The molecule has 5 nitrogen and oxygen atoms in total. The fourth-order valence-electron chi connectivity index (χ4n) is 1.56. The zero-order valence-corrected chi connectivity index (χ0v) is 10.0. The van der Waals surface area contributed by atoms with E-state index in [-0.39, 0.29) is 24.8 Å². The summed E-state index contributed by atoms with van der Waals surface area (Å²) in [5.74, 6) is 0.136. The van der Waals surface area contributed by atoms with Crippen LogP contribution in [0, 0.1) is 12.3 Å². The van der Waals surface area contributed by atoms with Crippen LogP contribution in [0.1, 0.15) is 11.3 Å². The molecule has 0 aromatic carbocycles. The molecule has 0 aliphatic rings. The van der Waals surface area contributed by atoms with Gasteiger partial charge in [0.15, 0.2) is 0 Å². The molecule has 1 aromatic heterocycles. The zero-order chi connectivity index (χ0) is 13.7. The maximum absolute atomic E-state index is 12.4. The van der Waals surface area contributed by atoms with E-state index in [0.29, 0.717) is 11.3 Å². The average molecular weight is 258 g/mol. The van der Waals surface area contributed by atoms with Gasteiger partial charge < -0.3 is 15.7 Å². The highest BCUT2D eigenvalue weighted by Crippen LogP contribution is 2.16. The van der Waals surface area contributed by atoms with Crippen LogP contribution in [0.15, 0.2) is 12.1 Å². The van der Waals surface area contributed by atoms with Crippen molar-refractivity contribution in [2.24, 2.45) is 5.73 Å². The third-order valence-corrected chi connectivity index (χ3v) is 2.30. The zero-order valence-electron chi connectivity index (χ0n) is 10.0. The number of aliphatic hydroxyl groups is 1. The van der Waals surface area contributed by atoms with Crippen LogP contribution in [0.4, 0.5) is 14.6 Å². The maximum Gasteiger partial charge on any atom is 0.255 e. The lowest BCUT2D eigenvalue weighted by atomic mass is 10.2. The molecular formula is C11H16F2N4O. The van der Waals surface area contributed by atoms with Crippen LogP contribution in [0.25, 0.3) is 0 Å². The van der Waals surface area contributed by atoms with Gasteiger partial charge in [0.05, 0.1) is 13.2 Å². The van der Waals surface area contributed by atoms with Gasteiger partial charge in [-0.15, -0.1) is 0 Å². The van der Waals surface area contributed by atoms with Crippen LogP contribution in [0.3, 0.4) is 0 Å². The summed E-state index contributed by atoms with van der Waals surface area (Å²) in [6.07, 6.45) is -2.53. The number of amidine groups is 1. The molecule has 0 atom stereocenters. The standard InChI is InChI=1S/C11H16F2N4O/c1-7-4-8(11(14)15)5-10(16-7)17(2-3-18)6-9(12)13/h4-5,9,18H,2-3,6H2,1H3,(H3,14,15). The summed E-state index contributed by atoms with van der Waals surface area (Å²) >= 11 is 0. The molecule has 0 bridgehead atoms. The number of anilines is 1. The summed E-state index contributed by atoms with van der Waals surface area (Å²) in [6.45, 7) is 0.972. The van der Waals surface area contributed by atoms with E-state index in [2.05, 4.69) is 4.98 Å². The molecule has 0 aliphatic heterocycles. The number of nitrogens with zero attached hydrogens (tertiary/aromatic N) is 2. The number of aryl methyl sites for hydroxylation is 1. The van der Waals surface area contributed by atoms with Crippen molar-refractivity contribution < 1.29 is 13.9 Å². The molecule has 0 saturated carbocycles.